The number of rotatable bonds is 3. The number of halogens is 3. The number of benzene rings is 1. The van der Waals surface area contributed by atoms with Crippen LogP contribution in [0.5, 0.6) is 0 Å². The lowest BCUT2D eigenvalue weighted by Crippen LogP contribution is -2.26. The third-order valence-corrected chi connectivity index (χ3v) is 3.13. The highest BCUT2D eigenvalue weighted by Gasteiger charge is 2.30. The van der Waals surface area contributed by atoms with Crippen LogP contribution in [0, 0.1) is 6.92 Å². The summed E-state index contributed by atoms with van der Waals surface area (Å²) in [5.41, 5.74) is 2.79. The molecule has 0 aliphatic carbocycles. The van der Waals surface area contributed by atoms with E-state index >= 15 is 0 Å². The van der Waals surface area contributed by atoms with Crippen molar-refractivity contribution in [2.45, 2.75) is 17.3 Å². The summed E-state index contributed by atoms with van der Waals surface area (Å²) in [4.78, 5) is 11.5. The minimum absolute atomic E-state index is 0.480. The van der Waals surface area contributed by atoms with Crippen LogP contribution in [0.2, 0.25) is 0 Å². The largest absolute Gasteiger partial charge is 0.320 e. The molecule has 0 fully saturated rings. The first-order chi connectivity index (χ1) is 9.34. The number of carbonyl (C=O) groups excluding carboxylic acids is 1. The molecule has 7 heteroatoms. The van der Waals surface area contributed by atoms with E-state index in [1.165, 1.54) is 11.8 Å². The van der Waals surface area contributed by atoms with Crippen molar-refractivity contribution in [3.05, 3.63) is 47.8 Å². The summed E-state index contributed by atoms with van der Waals surface area (Å²) in [6.45, 7) is 2.63. The Kier molecular flexibility index (Phi) is 4.58. The van der Waals surface area contributed by atoms with Crippen molar-refractivity contribution in [3.63, 3.8) is 0 Å². The van der Waals surface area contributed by atoms with Crippen molar-refractivity contribution < 1.29 is 4.79 Å². The Morgan fingerprint density at radius 1 is 1.30 bits per heavy atom. The number of hydrogen-bond acceptors (Lipinski definition) is 2. The maximum Gasteiger partial charge on any atom is 0.276 e. The minimum atomic E-state index is -1.99. The van der Waals surface area contributed by atoms with Gasteiger partial charge in [0.2, 0.25) is 0 Å². The van der Waals surface area contributed by atoms with Gasteiger partial charge in [0.05, 0.1) is 18.4 Å². The van der Waals surface area contributed by atoms with Crippen LogP contribution >= 0.6 is 34.8 Å². The first kappa shape index (κ1) is 15.2. The molecule has 0 unspecified atom stereocenters. The molecule has 0 saturated carbocycles. The fraction of sp³-hybridized carbons (Fsp3) is 0.231. The van der Waals surface area contributed by atoms with Crippen LogP contribution in [0.25, 0.3) is 0 Å². The van der Waals surface area contributed by atoms with Gasteiger partial charge in [-0.15, -0.1) is 0 Å². The molecule has 1 aromatic heterocycles. The van der Waals surface area contributed by atoms with Gasteiger partial charge in [0.15, 0.2) is 0 Å². The van der Waals surface area contributed by atoms with Gasteiger partial charge in [0.1, 0.15) is 0 Å². The van der Waals surface area contributed by atoms with Crippen LogP contribution in [-0.2, 0) is 11.3 Å². The molecule has 2 rings (SSSR count). The summed E-state index contributed by atoms with van der Waals surface area (Å²) >= 11 is 16.4. The van der Waals surface area contributed by atoms with Crippen LogP contribution in [0.15, 0.2) is 36.7 Å². The predicted molar refractivity (Wildman–Crippen MR) is 81.4 cm³/mol. The first-order valence-corrected chi connectivity index (χ1v) is 6.94. The molecule has 0 spiro atoms. The van der Waals surface area contributed by atoms with Crippen molar-refractivity contribution in [2.24, 2.45) is 0 Å². The fourth-order valence-corrected chi connectivity index (χ4v) is 1.74. The van der Waals surface area contributed by atoms with Crippen molar-refractivity contribution >= 4 is 46.4 Å². The normalized spacial score (nSPS) is 11.4. The van der Waals surface area contributed by atoms with Gasteiger partial charge in [-0.2, -0.15) is 5.10 Å². The quantitative estimate of drug-likeness (QED) is 0.874. The van der Waals surface area contributed by atoms with Gasteiger partial charge in [-0.25, -0.2) is 0 Å². The van der Waals surface area contributed by atoms with Gasteiger partial charge in [-0.1, -0.05) is 64.6 Å². The molecule has 0 saturated heterocycles. The topological polar surface area (TPSA) is 46.9 Å². The number of carbonyl (C=O) groups is 1. The molecular formula is C13H12Cl3N3O. The van der Waals surface area contributed by atoms with E-state index in [9.17, 15) is 4.79 Å². The van der Waals surface area contributed by atoms with Crippen LogP contribution in [0.4, 0.5) is 5.69 Å². The van der Waals surface area contributed by atoms with Gasteiger partial charge in [0.25, 0.3) is 9.70 Å². The van der Waals surface area contributed by atoms with Crippen molar-refractivity contribution in [3.8, 4) is 0 Å². The molecule has 20 heavy (non-hydrogen) atoms. The van der Waals surface area contributed by atoms with E-state index in [4.69, 9.17) is 34.8 Å². The molecule has 4 nitrogen and oxygen atoms in total. The van der Waals surface area contributed by atoms with Crippen LogP contribution in [0.3, 0.4) is 0 Å². The lowest BCUT2D eigenvalue weighted by molar-refractivity contribution is -0.115. The smallest absolute Gasteiger partial charge is 0.276 e. The summed E-state index contributed by atoms with van der Waals surface area (Å²) in [6, 6.07) is 8.11. The predicted octanol–water partition coefficient (Wildman–Crippen LogP) is 3.55. The number of hydrogen-bond donors (Lipinski definition) is 1. The Morgan fingerprint density at radius 2 is 1.95 bits per heavy atom. The van der Waals surface area contributed by atoms with E-state index in [1.807, 2.05) is 31.2 Å². The maximum atomic E-state index is 11.5. The van der Waals surface area contributed by atoms with Crippen LogP contribution in [0.1, 0.15) is 11.1 Å². The van der Waals surface area contributed by atoms with E-state index in [1.54, 1.807) is 10.9 Å². The monoisotopic (exact) mass is 331 g/mol. The number of aryl methyl sites for hydroxylation is 1. The Balaban J connectivity index is 2.02. The van der Waals surface area contributed by atoms with Crippen molar-refractivity contribution in [2.75, 3.05) is 5.32 Å². The second-order valence-corrected chi connectivity index (χ2v) is 6.65. The zero-order chi connectivity index (χ0) is 14.8. The zero-order valence-corrected chi connectivity index (χ0v) is 12.9. The number of aromatic nitrogens is 2. The number of nitrogens with zero attached hydrogens (tertiary/aromatic N) is 2. The summed E-state index contributed by atoms with van der Waals surface area (Å²) < 4.78 is -0.294. The number of alkyl halides is 3. The zero-order valence-electron chi connectivity index (χ0n) is 10.6. The SMILES string of the molecule is Cc1ccc(Cn2cc(NC(=O)C(Cl)(Cl)Cl)cn2)cc1. The molecule has 106 valence electrons. The Hall–Kier alpha value is -1.23. The standard InChI is InChI=1S/C13H12Cl3N3O/c1-9-2-4-10(5-3-9)7-19-8-11(6-17-19)18-12(20)13(14,15)16/h2-6,8H,7H2,1H3,(H,18,20). The van der Waals surface area contributed by atoms with E-state index in [2.05, 4.69) is 10.4 Å². The van der Waals surface area contributed by atoms with Crippen molar-refractivity contribution in [1.82, 2.24) is 9.78 Å². The Bertz CT molecular complexity index is 602. The molecule has 0 atom stereocenters. The third kappa shape index (κ3) is 4.13. The van der Waals surface area contributed by atoms with Gasteiger partial charge in [0, 0.05) is 6.20 Å². The number of nitrogens with one attached hydrogen (secondary N) is 1. The van der Waals surface area contributed by atoms with Crippen LogP contribution in [-0.4, -0.2) is 19.5 Å². The first-order valence-electron chi connectivity index (χ1n) is 5.81. The van der Waals surface area contributed by atoms with Gasteiger partial charge in [-0.05, 0) is 12.5 Å². The molecule has 1 amide bonds. The third-order valence-electron chi connectivity index (χ3n) is 2.61. The van der Waals surface area contributed by atoms with Crippen LogP contribution < -0.4 is 5.32 Å². The number of amides is 1. The van der Waals surface area contributed by atoms with E-state index in [-0.39, 0.29) is 0 Å². The second kappa shape index (κ2) is 6.04. The minimum Gasteiger partial charge on any atom is -0.320 e. The lowest BCUT2D eigenvalue weighted by atomic mass is 10.1. The molecule has 2 aromatic rings. The van der Waals surface area contributed by atoms with E-state index in [0.29, 0.717) is 12.2 Å². The van der Waals surface area contributed by atoms with E-state index in [0.717, 1.165) is 5.56 Å². The summed E-state index contributed by atoms with van der Waals surface area (Å²) in [5.74, 6) is -0.711. The summed E-state index contributed by atoms with van der Waals surface area (Å²) in [5, 5.41) is 6.62. The average Bonchev–Trinajstić information content (AvgIpc) is 2.78. The van der Waals surface area contributed by atoms with Gasteiger partial charge >= 0.3 is 0 Å². The number of anilines is 1. The molecule has 1 aromatic carbocycles. The van der Waals surface area contributed by atoms with E-state index < -0.39 is 9.70 Å². The molecule has 1 N–H and O–H groups in total. The second-order valence-electron chi connectivity index (χ2n) is 4.36. The van der Waals surface area contributed by atoms with Gasteiger partial charge in [-0.3, -0.25) is 9.48 Å². The maximum absolute atomic E-state index is 11.5. The molecular weight excluding hydrogens is 321 g/mol. The van der Waals surface area contributed by atoms with Crippen molar-refractivity contribution in [1.29, 1.82) is 0 Å². The summed E-state index contributed by atoms with van der Waals surface area (Å²) in [6.07, 6.45) is 3.18. The molecule has 0 aliphatic rings. The summed E-state index contributed by atoms with van der Waals surface area (Å²) in [7, 11) is 0. The molecule has 1 heterocycles. The fourth-order valence-electron chi connectivity index (χ4n) is 1.60. The highest BCUT2D eigenvalue weighted by atomic mass is 35.6. The Labute approximate surface area is 131 Å². The molecule has 0 bridgehead atoms. The highest BCUT2D eigenvalue weighted by molar-refractivity contribution is 6.76. The Morgan fingerprint density at radius 3 is 2.55 bits per heavy atom. The lowest BCUT2D eigenvalue weighted by Gasteiger charge is -2.09. The average molecular weight is 333 g/mol. The molecule has 0 aliphatic heterocycles. The molecule has 0 radical (unpaired) electrons. The van der Waals surface area contributed by atoms with Gasteiger partial charge < -0.3 is 5.32 Å². The highest BCUT2D eigenvalue weighted by Crippen LogP contribution is 2.27.